The van der Waals surface area contributed by atoms with Gasteiger partial charge in [0, 0.05) is 38.3 Å². The van der Waals surface area contributed by atoms with Crippen LogP contribution < -0.4 is 14.2 Å². The smallest absolute Gasteiger partial charge is 0.254 e. The van der Waals surface area contributed by atoms with E-state index in [1.807, 2.05) is 4.90 Å². The summed E-state index contributed by atoms with van der Waals surface area (Å²) in [5.74, 6) is 1.02. The molecule has 150 valence electrons. The van der Waals surface area contributed by atoms with E-state index in [0.717, 1.165) is 13.1 Å². The highest BCUT2D eigenvalue weighted by atomic mass is 19.1. The third kappa shape index (κ3) is 4.72. The number of ether oxygens (including phenoxy) is 3. The Morgan fingerprint density at radius 3 is 2.36 bits per heavy atom. The zero-order valence-corrected chi connectivity index (χ0v) is 16.2. The number of rotatable bonds is 7. The summed E-state index contributed by atoms with van der Waals surface area (Å²) >= 11 is 0. The van der Waals surface area contributed by atoms with Crippen LogP contribution in [0.25, 0.3) is 0 Å². The monoisotopic (exact) mass is 388 g/mol. The molecule has 0 aliphatic carbocycles. The van der Waals surface area contributed by atoms with E-state index in [9.17, 15) is 9.18 Å². The lowest BCUT2D eigenvalue weighted by Gasteiger charge is -2.34. The summed E-state index contributed by atoms with van der Waals surface area (Å²) in [6.45, 7) is 3.86. The van der Waals surface area contributed by atoms with Crippen molar-refractivity contribution in [2.75, 3.05) is 53.6 Å². The summed E-state index contributed by atoms with van der Waals surface area (Å²) < 4.78 is 29.6. The van der Waals surface area contributed by atoms with Gasteiger partial charge < -0.3 is 19.1 Å². The topological polar surface area (TPSA) is 51.2 Å². The molecule has 0 bridgehead atoms. The van der Waals surface area contributed by atoms with Gasteiger partial charge in [-0.15, -0.1) is 0 Å². The number of halogens is 1. The lowest BCUT2D eigenvalue weighted by Crippen LogP contribution is -2.49. The Bertz CT molecular complexity index is 807. The Morgan fingerprint density at radius 1 is 0.964 bits per heavy atom. The fraction of sp³-hybridized carbons (Fsp3) is 0.381. The molecule has 1 amide bonds. The molecular formula is C21H25FN2O4. The summed E-state index contributed by atoms with van der Waals surface area (Å²) in [6.07, 6.45) is 0. The van der Waals surface area contributed by atoms with Crippen LogP contribution >= 0.6 is 0 Å². The van der Waals surface area contributed by atoms with E-state index in [1.165, 1.54) is 6.07 Å². The predicted molar refractivity (Wildman–Crippen MR) is 104 cm³/mol. The third-order valence-electron chi connectivity index (χ3n) is 4.79. The minimum Gasteiger partial charge on any atom is -0.493 e. The van der Waals surface area contributed by atoms with E-state index >= 15 is 0 Å². The van der Waals surface area contributed by atoms with E-state index < -0.39 is 0 Å². The van der Waals surface area contributed by atoms with Gasteiger partial charge in [0.2, 0.25) is 0 Å². The van der Waals surface area contributed by atoms with Gasteiger partial charge in [-0.25, -0.2) is 4.39 Å². The van der Waals surface area contributed by atoms with Crippen LogP contribution in [0.4, 0.5) is 4.39 Å². The van der Waals surface area contributed by atoms with E-state index in [4.69, 9.17) is 14.2 Å². The van der Waals surface area contributed by atoms with Crippen LogP contribution in [-0.4, -0.2) is 69.3 Å². The van der Waals surface area contributed by atoms with Gasteiger partial charge in [-0.2, -0.15) is 0 Å². The van der Waals surface area contributed by atoms with Crippen LogP contribution in [0, 0.1) is 5.82 Å². The standard InChI is InChI=1S/C21H25FN2O4/c1-26-19-8-7-16(15-20(19)27-2)21(25)24-11-9-23(10-12-24)13-14-28-18-6-4-3-5-17(18)22/h3-8,15H,9-14H2,1-2H3. The van der Waals surface area contributed by atoms with Crippen molar-refractivity contribution in [1.29, 1.82) is 0 Å². The second-order valence-corrected chi connectivity index (χ2v) is 6.48. The Labute approximate surface area is 164 Å². The highest BCUT2D eigenvalue weighted by Crippen LogP contribution is 2.28. The average molecular weight is 388 g/mol. The Hall–Kier alpha value is -2.80. The van der Waals surface area contributed by atoms with Crippen molar-refractivity contribution in [2.45, 2.75) is 0 Å². The third-order valence-corrected chi connectivity index (χ3v) is 4.79. The number of benzene rings is 2. The van der Waals surface area contributed by atoms with Gasteiger partial charge in [-0.05, 0) is 30.3 Å². The van der Waals surface area contributed by atoms with Gasteiger partial charge in [0.1, 0.15) is 6.61 Å². The molecule has 0 radical (unpaired) electrons. The summed E-state index contributed by atoms with van der Waals surface area (Å²) in [5, 5.41) is 0. The number of carbonyl (C=O) groups is 1. The van der Waals surface area contributed by atoms with E-state index in [-0.39, 0.29) is 17.5 Å². The first-order chi connectivity index (χ1) is 13.6. The van der Waals surface area contributed by atoms with Gasteiger partial charge >= 0.3 is 0 Å². The van der Waals surface area contributed by atoms with Crippen molar-refractivity contribution in [3.8, 4) is 17.2 Å². The maximum absolute atomic E-state index is 13.6. The fourth-order valence-corrected chi connectivity index (χ4v) is 3.17. The molecule has 0 atom stereocenters. The summed E-state index contributed by atoms with van der Waals surface area (Å²) in [6, 6.07) is 11.6. The number of nitrogens with zero attached hydrogens (tertiary/aromatic N) is 2. The zero-order valence-electron chi connectivity index (χ0n) is 16.2. The number of methoxy groups -OCH3 is 2. The summed E-state index contributed by atoms with van der Waals surface area (Å²) in [4.78, 5) is 16.8. The molecule has 1 aliphatic rings. The number of piperazine rings is 1. The number of hydrogen-bond donors (Lipinski definition) is 0. The first-order valence-corrected chi connectivity index (χ1v) is 9.23. The number of amides is 1. The van der Waals surface area contributed by atoms with Crippen molar-refractivity contribution in [1.82, 2.24) is 9.80 Å². The molecule has 1 saturated heterocycles. The molecule has 0 spiro atoms. The van der Waals surface area contributed by atoms with Crippen LogP contribution in [-0.2, 0) is 0 Å². The van der Waals surface area contributed by atoms with E-state index in [1.54, 1.807) is 50.6 Å². The van der Waals surface area contributed by atoms with Crippen molar-refractivity contribution in [3.05, 3.63) is 53.8 Å². The second kappa shape index (κ2) is 9.41. The molecule has 7 heteroatoms. The number of para-hydroxylation sites is 1. The molecule has 6 nitrogen and oxygen atoms in total. The fourth-order valence-electron chi connectivity index (χ4n) is 3.17. The molecule has 2 aromatic carbocycles. The van der Waals surface area contributed by atoms with Crippen molar-refractivity contribution >= 4 is 5.91 Å². The molecule has 1 aliphatic heterocycles. The Morgan fingerprint density at radius 2 is 1.68 bits per heavy atom. The highest BCUT2D eigenvalue weighted by Gasteiger charge is 2.23. The van der Waals surface area contributed by atoms with Crippen LogP contribution in [0.5, 0.6) is 17.2 Å². The summed E-state index contributed by atoms with van der Waals surface area (Å²) in [5.41, 5.74) is 0.578. The molecule has 0 saturated carbocycles. The lowest BCUT2D eigenvalue weighted by atomic mass is 10.1. The molecular weight excluding hydrogens is 363 g/mol. The van der Waals surface area contributed by atoms with Gasteiger partial charge in [-0.1, -0.05) is 12.1 Å². The molecule has 1 heterocycles. The van der Waals surface area contributed by atoms with Crippen LogP contribution in [0.3, 0.4) is 0 Å². The van der Waals surface area contributed by atoms with Crippen molar-refractivity contribution in [2.24, 2.45) is 0 Å². The molecule has 28 heavy (non-hydrogen) atoms. The maximum Gasteiger partial charge on any atom is 0.254 e. The second-order valence-electron chi connectivity index (χ2n) is 6.48. The SMILES string of the molecule is COc1ccc(C(=O)N2CCN(CCOc3ccccc3F)CC2)cc1OC. The Kier molecular flexibility index (Phi) is 6.71. The normalized spacial score (nSPS) is 14.6. The molecule has 3 rings (SSSR count). The number of hydrogen-bond acceptors (Lipinski definition) is 5. The van der Waals surface area contributed by atoms with Crippen molar-refractivity contribution < 1.29 is 23.4 Å². The van der Waals surface area contributed by atoms with Crippen LogP contribution in [0.1, 0.15) is 10.4 Å². The van der Waals surface area contributed by atoms with Gasteiger partial charge in [0.25, 0.3) is 5.91 Å². The van der Waals surface area contributed by atoms with E-state index in [2.05, 4.69) is 4.90 Å². The molecule has 0 aromatic heterocycles. The maximum atomic E-state index is 13.6. The predicted octanol–water partition coefficient (Wildman–Crippen LogP) is 2.68. The minimum absolute atomic E-state index is 0.0248. The van der Waals surface area contributed by atoms with Crippen LogP contribution in [0.2, 0.25) is 0 Å². The molecule has 0 unspecified atom stereocenters. The highest BCUT2D eigenvalue weighted by molar-refractivity contribution is 5.95. The van der Waals surface area contributed by atoms with Gasteiger partial charge in [0.05, 0.1) is 14.2 Å². The first kappa shape index (κ1) is 19.9. The minimum atomic E-state index is -0.354. The van der Waals surface area contributed by atoms with Gasteiger partial charge in [-0.3, -0.25) is 9.69 Å². The number of carbonyl (C=O) groups excluding carboxylic acids is 1. The van der Waals surface area contributed by atoms with Crippen molar-refractivity contribution in [3.63, 3.8) is 0 Å². The zero-order chi connectivity index (χ0) is 19.9. The van der Waals surface area contributed by atoms with E-state index in [0.29, 0.717) is 43.3 Å². The molecule has 0 N–H and O–H groups in total. The molecule has 2 aromatic rings. The summed E-state index contributed by atoms with van der Waals surface area (Å²) in [7, 11) is 3.11. The van der Waals surface area contributed by atoms with Crippen LogP contribution in [0.15, 0.2) is 42.5 Å². The lowest BCUT2D eigenvalue weighted by molar-refractivity contribution is 0.0619. The quantitative estimate of drug-likeness (QED) is 0.730. The van der Waals surface area contributed by atoms with Gasteiger partial charge in [0.15, 0.2) is 23.1 Å². The first-order valence-electron chi connectivity index (χ1n) is 9.23. The average Bonchev–Trinajstić information content (AvgIpc) is 2.74. The Balaban J connectivity index is 1.48. The largest absolute Gasteiger partial charge is 0.493 e. The molecule has 1 fully saturated rings.